The zero-order valence-electron chi connectivity index (χ0n) is 13.8. The number of ether oxygens (including phenoxy) is 1. The first-order valence-corrected chi connectivity index (χ1v) is 8.05. The summed E-state index contributed by atoms with van der Waals surface area (Å²) in [6.07, 6.45) is 4.15. The average molecular weight is 328 g/mol. The highest BCUT2D eigenvalue weighted by molar-refractivity contribution is 5.94. The minimum Gasteiger partial charge on any atom is -0.464 e. The Hall–Kier alpha value is -2.63. The minimum absolute atomic E-state index is 0.0435. The van der Waals surface area contributed by atoms with Crippen LogP contribution in [-0.4, -0.2) is 34.9 Å². The SMILES string of the molecule is CCc1ccc(C(=O)N(Cc2nc(C(=O)OC)co2)C2CC2)cc1. The molecular weight excluding hydrogens is 308 g/mol. The van der Waals surface area contributed by atoms with E-state index in [2.05, 4.69) is 16.6 Å². The molecule has 0 saturated heterocycles. The molecule has 0 aliphatic heterocycles. The van der Waals surface area contributed by atoms with Crippen molar-refractivity contribution in [3.8, 4) is 0 Å². The second-order valence-corrected chi connectivity index (χ2v) is 5.83. The summed E-state index contributed by atoms with van der Waals surface area (Å²) in [7, 11) is 1.29. The lowest BCUT2D eigenvalue weighted by atomic mass is 10.1. The number of nitrogens with zero attached hydrogens (tertiary/aromatic N) is 2. The fourth-order valence-electron chi connectivity index (χ4n) is 2.53. The van der Waals surface area contributed by atoms with Crippen LogP contribution in [0.25, 0.3) is 0 Å². The topological polar surface area (TPSA) is 72.6 Å². The monoisotopic (exact) mass is 328 g/mol. The summed E-state index contributed by atoms with van der Waals surface area (Å²) in [5.41, 5.74) is 1.96. The van der Waals surface area contributed by atoms with Crippen LogP contribution in [0, 0.1) is 0 Å². The van der Waals surface area contributed by atoms with E-state index in [1.165, 1.54) is 18.9 Å². The lowest BCUT2D eigenvalue weighted by Gasteiger charge is -2.21. The predicted molar refractivity (Wildman–Crippen MR) is 86.6 cm³/mol. The van der Waals surface area contributed by atoms with Crippen molar-refractivity contribution in [3.05, 3.63) is 53.2 Å². The number of benzene rings is 1. The Kier molecular flexibility index (Phi) is 4.64. The van der Waals surface area contributed by atoms with E-state index in [9.17, 15) is 9.59 Å². The Bertz CT molecular complexity index is 732. The quantitative estimate of drug-likeness (QED) is 0.762. The van der Waals surface area contributed by atoms with Gasteiger partial charge in [-0.1, -0.05) is 19.1 Å². The maximum Gasteiger partial charge on any atom is 0.360 e. The van der Waals surface area contributed by atoms with Crippen LogP contribution in [-0.2, 0) is 17.7 Å². The smallest absolute Gasteiger partial charge is 0.360 e. The van der Waals surface area contributed by atoms with Crippen molar-refractivity contribution in [2.75, 3.05) is 7.11 Å². The van der Waals surface area contributed by atoms with E-state index in [1.807, 2.05) is 24.3 Å². The van der Waals surface area contributed by atoms with Crippen LogP contribution < -0.4 is 0 Å². The van der Waals surface area contributed by atoms with Gasteiger partial charge in [0.1, 0.15) is 6.26 Å². The lowest BCUT2D eigenvalue weighted by molar-refractivity contribution is 0.0594. The number of aromatic nitrogens is 1. The van der Waals surface area contributed by atoms with Crippen molar-refractivity contribution < 1.29 is 18.7 Å². The molecule has 0 radical (unpaired) electrons. The normalized spacial score (nSPS) is 13.6. The fourth-order valence-corrected chi connectivity index (χ4v) is 2.53. The van der Waals surface area contributed by atoms with Crippen molar-refractivity contribution >= 4 is 11.9 Å². The fraction of sp³-hybridized carbons (Fsp3) is 0.389. The number of hydrogen-bond donors (Lipinski definition) is 0. The van der Waals surface area contributed by atoms with Crippen LogP contribution in [0.3, 0.4) is 0 Å². The third-order valence-electron chi connectivity index (χ3n) is 4.11. The highest BCUT2D eigenvalue weighted by atomic mass is 16.5. The highest BCUT2D eigenvalue weighted by Crippen LogP contribution is 2.30. The van der Waals surface area contributed by atoms with Gasteiger partial charge in [-0.15, -0.1) is 0 Å². The van der Waals surface area contributed by atoms with Gasteiger partial charge in [0.25, 0.3) is 5.91 Å². The van der Waals surface area contributed by atoms with E-state index >= 15 is 0 Å². The molecule has 0 bridgehead atoms. The Morgan fingerprint density at radius 1 is 1.29 bits per heavy atom. The molecule has 24 heavy (non-hydrogen) atoms. The molecule has 1 aliphatic rings. The number of carbonyl (C=O) groups excluding carboxylic acids is 2. The Morgan fingerprint density at radius 2 is 2.00 bits per heavy atom. The molecule has 1 amide bonds. The summed E-state index contributed by atoms with van der Waals surface area (Å²) >= 11 is 0. The van der Waals surface area contributed by atoms with E-state index < -0.39 is 5.97 Å². The molecule has 0 unspecified atom stereocenters. The molecule has 3 rings (SSSR count). The first-order chi connectivity index (χ1) is 11.6. The minimum atomic E-state index is -0.551. The summed E-state index contributed by atoms with van der Waals surface area (Å²) in [4.78, 5) is 30.1. The van der Waals surface area contributed by atoms with Crippen molar-refractivity contribution in [2.45, 2.75) is 38.8 Å². The highest BCUT2D eigenvalue weighted by Gasteiger charge is 2.34. The molecule has 0 spiro atoms. The largest absolute Gasteiger partial charge is 0.464 e. The Morgan fingerprint density at radius 3 is 2.58 bits per heavy atom. The Balaban J connectivity index is 1.75. The predicted octanol–water partition coefficient (Wildman–Crippen LogP) is 2.83. The van der Waals surface area contributed by atoms with E-state index in [-0.39, 0.29) is 24.2 Å². The molecule has 1 aromatic carbocycles. The first kappa shape index (κ1) is 16.2. The summed E-state index contributed by atoms with van der Waals surface area (Å²) < 4.78 is 9.92. The van der Waals surface area contributed by atoms with Crippen LogP contribution in [0.5, 0.6) is 0 Å². The third-order valence-corrected chi connectivity index (χ3v) is 4.11. The molecular formula is C18H20N2O4. The van der Waals surface area contributed by atoms with Crippen molar-refractivity contribution in [2.24, 2.45) is 0 Å². The van der Waals surface area contributed by atoms with Crippen LogP contribution in [0.15, 0.2) is 34.9 Å². The zero-order valence-corrected chi connectivity index (χ0v) is 13.8. The van der Waals surface area contributed by atoms with E-state index in [4.69, 9.17) is 4.42 Å². The summed E-state index contributed by atoms with van der Waals surface area (Å²) in [5, 5.41) is 0. The van der Waals surface area contributed by atoms with Crippen LogP contribution in [0.4, 0.5) is 0 Å². The molecule has 6 heteroatoms. The number of aryl methyl sites for hydroxylation is 1. The maximum absolute atomic E-state index is 12.8. The molecule has 1 aromatic heterocycles. The van der Waals surface area contributed by atoms with Gasteiger partial charge in [0.15, 0.2) is 5.69 Å². The summed E-state index contributed by atoms with van der Waals surface area (Å²) in [6, 6.07) is 7.85. The van der Waals surface area contributed by atoms with Gasteiger partial charge in [-0.05, 0) is 37.0 Å². The van der Waals surface area contributed by atoms with Gasteiger partial charge in [0.05, 0.1) is 13.7 Å². The second-order valence-electron chi connectivity index (χ2n) is 5.83. The summed E-state index contributed by atoms with van der Waals surface area (Å²) in [5.74, 6) is -0.261. The summed E-state index contributed by atoms with van der Waals surface area (Å²) in [6.45, 7) is 2.32. The molecule has 126 valence electrons. The number of esters is 1. The number of hydrogen-bond acceptors (Lipinski definition) is 5. The standard InChI is InChI=1S/C18H20N2O4/c1-3-12-4-6-13(7-5-12)17(21)20(14-8-9-14)10-16-19-15(11-24-16)18(22)23-2/h4-7,11,14H,3,8-10H2,1-2H3. The van der Waals surface area contributed by atoms with Crippen molar-refractivity contribution in [1.29, 1.82) is 0 Å². The number of oxazole rings is 1. The van der Waals surface area contributed by atoms with Gasteiger partial charge in [-0.25, -0.2) is 9.78 Å². The van der Waals surface area contributed by atoms with Crippen LogP contribution in [0.1, 0.15) is 52.1 Å². The second kappa shape index (κ2) is 6.86. The zero-order chi connectivity index (χ0) is 17.1. The first-order valence-electron chi connectivity index (χ1n) is 8.05. The van der Waals surface area contributed by atoms with Gasteiger partial charge in [-0.2, -0.15) is 0 Å². The van der Waals surface area contributed by atoms with Gasteiger partial charge in [0.2, 0.25) is 5.89 Å². The number of methoxy groups -OCH3 is 1. The van der Waals surface area contributed by atoms with Crippen molar-refractivity contribution in [3.63, 3.8) is 0 Å². The van der Waals surface area contributed by atoms with Crippen molar-refractivity contribution in [1.82, 2.24) is 9.88 Å². The molecule has 0 N–H and O–H groups in total. The number of amides is 1. The van der Waals surface area contributed by atoms with Gasteiger partial charge in [0, 0.05) is 11.6 Å². The molecule has 1 saturated carbocycles. The van der Waals surface area contributed by atoms with Gasteiger partial charge >= 0.3 is 5.97 Å². The number of carbonyl (C=O) groups is 2. The third kappa shape index (κ3) is 3.48. The molecule has 6 nitrogen and oxygen atoms in total. The van der Waals surface area contributed by atoms with Crippen LogP contribution >= 0.6 is 0 Å². The maximum atomic E-state index is 12.8. The molecule has 1 heterocycles. The van der Waals surface area contributed by atoms with E-state index in [0.29, 0.717) is 11.5 Å². The molecule has 1 fully saturated rings. The van der Waals surface area contributed by atoms with Gasteiger partial charge < -0.3 is 14.1 Å². The molecule has 1 aliphatic carbocycles. The number of rotatable bonds is 6. The lowest BCUT2D eigenvalue weighted by Crippen LogP contribution is -2.32. The van der Waals surface area contributed by atoms with E-state index in [0.717, 1.165) is 19.3 Å². The Labute approximate surface area is 140 Å². The van der Waals surface area contributed by atoms with E-state index in [1.54, 1.807) is 4.90 Å². The molecule has 2 aromatic rings. The average Bonchev–Trinajstić information content (AvgIpc) is 3.36. The molecule has 0 atom stereocenters. The van der Waals surface area contributed by atoms with Gasteiger partial charge in [-0.3, -0.25) is 4.79 Å². The van der Waals surface area contributed by atoms with Crippen LogP contribution in [0.2, 0.25) is 0 Å².